The molecule has 2 aromatic rings. The first-order valence-corrected chi connectivity index (χ1v) is 18.6. The summed E-state index contributed by atoms with van der Waals surface area (Å²) in [5, 5.41) is 49.4. The van der Waals surface area contributed by atoms with E-state index in [1.54, 1.807) is 0 Å². The Balaban J connectivity index is 0.00000325. The van der Waals surface area contributed by atoms with Crippen molar-refractivity contribution in [3.63, 3.8) is 0 Å². The number of aromatic nitrogens is 1. The van der Waals surface area contributed by atoms with Crippen LogP contribution in [0.15, 0.2) is 33.9 Å². The Hall–Kier alpha value is -2.59. The van der Waals surface area contributed by atoms with E-state index in [0.717, 1.165) is 50.1 Å². The average molecular weight is 825 g/mol. The van der Waals surface area contributed by atoms with Gasteiger partial charge in [0.2, 0.25) is 5.60 Å². The summed E-state index contributed by atoms with van der Waals surface area (Å²) in [6.07, 6.45) is 3.26. The third-order valence-corrected chi connectivity index (χ3v) is 12.7. The number of oxime groups is 1. The third kappa shape index (κ3) is 7.99. The van der Waals surface area contributed by atoms with E-state index in [1.807, 2.05) is 0 Å². The Morgan fingerprint density at radius 1 is 1.17 bits per heavy atom. The molecule has 3 saturated heterocycles. The van der Waals surface area contributed by atoms with Crippen LogP contribution >= 0.6 is 34.7 Å². The van der Waals surface area contributed by atoms with Gasteiger partial charge in [0, 0.05) is 42.4 Å². The van der Waals surface area contributed by atoms with Crippen LogP contribution in [0.2, 0.25) is 5.02 Å². The number of carbonyl (C=O) groups excluding carboxylic acids is 3. The van der Waals surface area contributed by atoms with Crippen LogP contribution in [0.3, 0.4) is 0 Å². The summed E-state index contributed by atoms with van der Waals surface area (Å²) in [5.41, 5.74) is 3.59. The molecule has 278 valence electrons. The van der Waals surface area contributed by atoms with E-state index in [2.05, 4.69) is 20.8 Å². The number of nitrogens with zero attached hydrogens (tertiary/aromatic N) is 4. The molecule has 0 aliphatic carbocycles. The van der Waals surface area contributed by atoms with Gasteiger partial charge in [-0.3, -0.25) is 19.3 Å². The van der Waals surface area contributed by atoms with Crippen LogP contribution in [-0.2, 0) is 24.0 Å². The van der Waals surface area contributed by atoms with Crippen LogP contribution in [0, 0.1) is 0 Å². The van der Waals surface area contributed by atoms with Gasteiger partial charge >= 0.3 is 71.1 Å². The SMILES string of the molecule is CC(C)(O/N=C(\C(=O)N[C@@H]1C(=O)N2C(C(=O)O)=C(C[N+]34CCCC3(CNC(=O)c3ccc(O)c(O)c3Cl)CCC4)CS[C@H]12)c1csc(N)n1)C(=O)O.[Na+].[Na+]. The molecule has 0 saturated carbocycles. The molecule has 4 aliphatic heterocycles. The molecule has 2 atom stereocenters. The normalized spacial score (nSPS) is 24.7. The monoisotopic (exact) mass is 824 g/mol. The maximum atomic E-state index is 13.6. The number of carboxylic acid groups (broad SMARTS) is 2. The zero-order valence-corrected chi connectivity index (χ0v) is 36.4. The van der Waals surface area contributed by atoms with Crippen molar-refractivity contribution in [2.75, 3.05) is 37.7 Å². The number of carbonyl (C=O) groups is 5. The number of quaternary nitrogens is 1. The molecule has 3 amide bonds. The van der Waals surface area contributed by atoms with E-state index >= 15 is 0 Å². The summed E-state index contributed by atoms with van der Waals surface area (Å²) in [5.74, 6) is -5.42. The Morgan fingerprint density at radius 3 is 2.43 bits per heavy atom. The van der Waals surface area contributed by atoms with Crippen molar-refractivity contribution < 1.29 is 113 Å². The van der Waals surface area contributed by atoms with Gasteiger partial charge in [0.25, 0.3) is 17.7 Å². The van der Waals surface area contributed by atoms with Gasteiger partial charge in [-0.2, -0.15) is 0 Å². The molecule has 1 aromatic carbocycles. The number of phenolic OH excluding ortho intramolecular Hbond substituents is 2. The zero-order chi connectivity index (χ0) is 37.7. The predicted molar refractivity (Wildman–Crippen MR) is 189 cm³/mol. The molecule has 4 aliphatic rings. The maximum absolute atomic E-state index is 13.6. The number of nitrogens with two attached hydrogens (primary N) is 1. The first-order chi connectivity index (χ1) is 24.5. The van der Waals surface area contributed by atoms with Gasteiger partial charge < -0.3 is 46.1 Å². The number of fused-ring (bicyclic) bond motifs is 2. The van der Waals surface area contributed by atoms with Crippen molar-refractivity contribution in [3.8, 4) is 11.5 Å². The summed E-state index contributed by atoms with van der Waals surface area (Å²) in [6, 6.07) is 1.39. The molecule has 6 rings (SSSR count). The minimum absolute atomic E-state index is 0. The second kappa shape index (κ2) is 16.9. The van der Waals surface area contributed by atoms with Gasteiger partial charge in [-0.25, -0.2) is 14.6 Å². The number of β-lactam (4-membered cyclic amide) rings is 1. The number of aliphatic carboxylic acids is 2. The second-order valence-electron chi connectivity index (χ2n) is 13.7. The number of rotatable bonds is 12. The number of phenols is 2. The van der Waals surface area contributed by atoms with Gasteiger partial charge in [-0.05, 0) is 26.0 Å². The fourth-order valence-electron chi connectivity index (χ4n) is 7.53. The minimum Gasteiger partial charge on any atom is -0.504 e. The molecule has 1 aromatic heterocycles. The zero-order valence-electron chi connectivity index (χ0n) is 30.0. The summed E-state index contributed by atoms with van der Waals surface area (Å²) in [6.45, 7) is 4.59. The number of nitrogens with one attached hydrogen (secondary N) is 2. The van der Waals surface area contributed by atoms with E-state index in [-0.39, 0.29) is 98.5 Å². The second-order valence-corrected chi connectivity index (χ2v) is 16.1. The third-order valence-electron chi connectivity index (χ3n) is 10.3. The quantitative estimate of drug-likeness (QED) is 0.0268. The number of anilines is 1. The van der Waals surface area contributed by atoms with Crippen LogP contribution in [0.4, 0.5) is 5.13 Å². The molecule has 17 nitrogen and oxygen atoms in total. The van der Waals surface area contributed by atoms with Crippen LogP contribution in [0.1, 0.15) is 55.6 Å². The first kappa shape index (κ1) is 44.1. The van der Waals surface area contributed by atoms with Crippen LogP contribution in [0.25, 0.3) is 0 Å². The molecule has 0 bridgehead atoms. The van der Waals surface area contributed by atoms with E-state index in [9.17, 15) is 44.4 Å². The van der Waals surface area contributed by atoms with Crippen molar-refractivity contribution >= 4 is 75.2 Å². The van der Waals surface area contributed by atoms with Gasteiger partial charge in [-0.1, -0.05) is 16.8 Å². The number of carboxylic acids is 2. The van der Waals surface area contributed by atoms with Gasteiger partial charge in [0.1, 0.15) is 34.9 Å². The number of thioether (sulfide) groups is 1. The predicted octanol–water partition coefficient (Wildman–Crippen LogP) is -4.31. The standard InChI is InChI=1S/C32H36ClN7O10S2.2Na/c1-31(2,29(48)49)50-38-20(17-13-52-30(34)36-17)25(44)37-21-26(45)39-22(28(46)47)15(12-51-27(21)39)11-40-9-3-7-32(40,8-4-10-40)14-35-24(43)16-5-6-18(41)23(42)19(16)33;;/h5-6,13,21,27H,3-4,7-12,14H2,1-2H3,(H7-,34,35,36,37,38,41,42,43,44,46,47,48,49);;/q;2*+1/p+1/t21-,27-,32?,40?;;/m1../s1. The molecule has 0 unspecified atom stereocenters. The maximum Gasteiger partial charge on any atom is 1.00 e. The van der Waals surface area contributed by atoms with E-state index in [1.165, 1.54) is 48.0 Å². The first-order valence-electron chi connectivity index (χ1n) is 16.3. The van der Waals surface area contributed by atoms with Crippen molar-refractivity contribution in [2.24, 2.45) is 5.16 Å². The smallest absolute Gasteiger partial charge is 0.504 e. The number of amides is 3. The molecular formula is C32H37ClN7Na2O10S2+3. The average Bonchev–Trinajstić information content (AvgIpc) is 3.77. The van der Waals surface area contributed by atoms with Crippen molar-refractivity contribution in [2.45, 2.75) is 62.1 Å². The largest absolute Gasteiger partial charge is 1.00 e. The van der Waals surface area contributed by atoms with E-state index < -0.39 is 69.4 Å². The van der Waals surface area contributed by atoms with E-state index in [4.69, 9.17) is 22.2 Å². The Morgan fingerprint density at radius 2 is 1.83 bits per heavy atom. The number of halogens is 1. The Bertz CT molecular complexity index is 1930. The van der Waals surface area contributed by atoms with Crippen LogP contribution in [-0.4, -0.2) is 125 Å². The summed E-state index contributed by atoms with van der Waals surface area (Å²) in [4.78, 5) is 74.9. The van der Waals surface area contributed by atoms with Crippen molar-refractivity contribution in [1.29, 1.82) is 0 Å². The van der Waals surface area contributed by atoms with E-state index in [0.29, 0.717) is 16.6 Å². The number of benzene rings is 1. The molecule has 0 radical (unpaired) electrons. The molecule has 3 fully saturated rings. The number of hydrogen-bond donors (Lipinski definition) is 7. The number of aromatic hydroxyl groups is 2. The van der Waals surface area contributed by atoms with Gasteiger partial charge in [-0.15, -0.1) is 23.1 Å². The van der Waals surface area contributed by atoms with Crippen molar-refractivity contribution in [3.05, 3.63) is 45.1 Å². The molecular weight excluding hydrogens is 788 g/mol. The molecule has 22 heteroatoms. The molecule has 8 N–H and O–H groups in total. The number of hydrogen-bond acceptors (Lipinski definition) is 13. The Labute approximate surface area is 366 Å². The summed E-state index contributed by atoms with van der Waals surface area (Å²) < 4.78 is 0.532. The minimum atomic E-state index is -1.79. The molecule has 54 heavy (non-hydrogen) atoms. The van der Waals surface area contributed by atoms with Gasteiger partial charge in [0.15, 0.2) is 22.3 Å². The fraction of sp³-hybridized carbons (Fsp3) is 0.469. The molecule has 5 heterocycles. The topological polar surface area (TPSA) is 254 Å². The number of thiazole rings is 1. The summed E-state index contributed by atoms with van der Waals surface area (Å²) >= 11 is 8.46. The molecule has 0 spiro atoms. The Kier molecular flexibility index (Phi) is 13.8. The fourth-order valence-corrected chi connectivity index (χ4v) is 9.66. The van der Waals surface area contributed by atoms with Crippen molar-refractivity contribution in [1.82, 2.24) is 20.5 Å². The van der Waals surface area contributed by atoms with Crippen LogP contribution < -0.4 is 75.5 Å². The van der Waals surface area contributed by atoms with Crippen LogP contribution in [0.5, 0.6) is 11.5 Å². The summed E-state index contributed by atoms with van der Waals surface area (Å²) in [7, 11) is 0. The van der Waals surface area contributed by atoms with Gasteiger partial charge in [0.05, 0.1) is 30.2 Å². The number of nitrogen functional groups attached to an aromatic ring is 1.